The Balaban J connectivity index is 4.28. The Kier molecular flexibility index (Phi) is 54.2. The van der Waals surface area contributed by atoms with Crippen LogP contribution in [0, 0.1) is 0 Å². The molecule has 0 fully saturated rings. The fourth-order valence-corrected chi connectivity index (χ4v) is 7.74. The molecule has 0 radical (unpaired) electrons. The van der Waals surface area contributed by atoms with E-state index in [-0.39, 0.29) is 38.6 Å². The number of carboxylic acid groups (broad SMARTS) is 1. The normalized spacial score (nSPS) is 13.7. The summed E-state index contributed by atoms with van der Waals surface area (Å²) < 4.78 is 22.9. The lowest BCUT2D eigenvalue weighted by atomic mass is 10.1. The molecule has 0 aromatic heterocycles. The summed E-state index contributed by atoms with van der Waals surface area (Å²) in [7, 11) is 5.95. The molecule has 0 aliphatic rings. The van der Waals surface area contributed by atoms with Crippen LogP contribution in [0.1, 0.15) is 219 Å². The van der Waals surface area contributed by atoms with Gasteiger partial charge in [0.1, 0.15) is 13.2 Å². The summed E-state index contributed by atoms with van der Waals surface area (Å²) in [5.74, 6) is -2.05. The number of hydrogen-bond acceptors (Lipinski definition) is 7. The molecule has 0 aromatic carbocycles. The number of carbonyl (C=O) groups excluding carboxylic acids is 2. The van der Waals surface area contributed by atoms with Crippen molar-refractivity contribution in [3.63, 3.8) is 0 Å². The highest BCUT2D eigenvalue weighted by Crippen LogP contribution is 2.14. The Morgan fingerprint density at radius 1 is 0.403 bits per heavy atom. The average Bonchev–Trinajstić information content (AvgIpc) is 3.40. The average molecular weight is 1070 g/mol. The van der Waals surface area contributed by atoms with Gasteiger partial charge in [-0.15, -0.1) is 0 Å². The Bertz CT molecular complexity index is 1720. The molecule has 1 N–H and O–H groups in total. The number of rotatable bonds is 54. The molecule has 9 heteroatoms. The maximum absolute atomic E-state index is 12.9. The molecule has 0 saturated carbocycles. The molecule has 0 spiro atoms. The van der Waals surface area contributed by atoms with Crippen LogP contribution in [-0.2, 0) is 33.3 Å². The minimum atomic E-state index is -1.52. The van der Waals surface area contributed by atoms with E-state index in [1.54, 1.807) is 0 Å². The number of ether oxygens (including phenoxy) is 4. The third-order valence-electron chi connectivity index (χ3n) is 12.4. The van der Waals surface area contributed by atoms with E-state index < -0.39 is 24.3 Å². The van der Waals surface area contributed by atoms with Gasteiger partial charge in [-0.2, -0.15) is 0 Å². The van der Waals surface area contributed by atoms with Gasteiger partial charge in [-0.25, -0.2) is 4.79 Å². The molecule has 436 valence electrons. The van der Waals surface area contributed by atoms with Crippen LogP contribution in [0.25, 0.3) is 0 Å². The largest absolute Gasteiger partial charge is 0.477 e. The highest BCUT2D eigenvalue weighted by atomic mass is 16.7. The van der Waals surface area contributed by atoms with E-state index in [4.69, 9.17) is 18.9 Å². The van der Waals surface area contributed by atoms with Gasteiger partial charge in [0.15, 0.2) is 6.10 Å². The smallest absolute Gasteiger partial charge is 0.361 e. The van der Waals surface area contributed by atoms with Gasteiger partial charge in [0.25, 0.3) is 6.29 Å². The SMILES string of the molecule is CC/C=C\C/C=C\C/C=C\C/C=C\C/C=C\C/C=C\C/C=C\C/C=C\CCCCCCCCCCC(=O)OC(COC(=O)CCCCCCCC/C=C\C/C=C\C/C=C\CCCCC)COC(OCC[N+](C)(C)C)C(=O)O. The Morgan fingerprint density at radius 2 is 0.740 bits per heavy atom. The summed E-state index contributed by atoms with van der Waals surface area (Å²) in [5, 5.41) is 9.71. The minimum Gasteiger partial charge on any atom is -0.477 e. The van der Waals surface area contributed by atoms with Crippen molar-refractivity contribution in [2.45, 2.75) is 232 Å². The molecule has 0 saturated heterocycles. The number of likely N-dealkylation sites (N-methyl/N-ethyl adjacent to an activating group) is 1. The van der Waals surface area contributed by atoms with Crippen molar-refractivity contribution in [2.24, 2.45) is 0 Å². The van der Waals surface area contributed by atoms with Crippen LogP contribution >= 0.6 is 0 Å². The first kappa shape index (κ1) is 72.4. The second-order valence-corrected chi connectivity index (χ2v) is 20.9. The van der Waals surface area contributed by atoms with E-state index in [0.717, 1.165) is 122 Å². The summed E-state index contributed by atoms with van der Waals surface area (Å²) in [6.07, 6.45) is 79.5. The van der Waals surface area contributed by atoms with Crippen molar-refractivity contribution in [3.8, 4) is 0 Å². The quantitative estimate of drug-likeness (QED) is 0.0211. The summed E-state index contributed by atoms with van der Waals surface area (Å²) >= 11 is 0. The first-order chi connectivity index (χ1) is 37.6. The van der Waals surface area contributed by atoms with Gasteiger partial charge < -0.3 is 28.5 Å². The molecule has 2 atom stereocenters. The number of allylic oxidation sites excluding steroid dienone is 22. The van der Waals surface area contributed by atoms with Gasteiger partial charge >= 0.3 is 17.9 Å². The Hall–Kier alpha value is -4.57. The highest BCUT2D eigenvalue weighted by Gasteiger charge is 2.25. The van der Waals surface area contributed by atoms with Crippen LogP contribution in [0.2, 0.25) is 0 Å². The van der Waals surface area contributed by atoms with E-state index in [2.05, 4.69) is 148 Å². The summed E-state index contributed by atoms with van der Waals surface area (Å²) in [4.78, 5) is 37.5. The lowest BCUT2D eigenvalue weighted by Gasteiger charge is -2.25. The molecule has 0 aromatic rings. The Labute approximate surface area is 471 Å². The number of nitrogens with zero attached hydrogens (tertiary/aromatic N) is 1. The standard InChI is InChI=1S/C68H111NO8/c1-6-8-10-12-14-16-18-20-22-24-26-27-28-29-30-31-32-33-34-35-36-37-38-39-41-43-45-47-49-51-53-55-57-59-66(71)77-64(63-76-68(67(72)73)74-61-60-69(3,4)5)62-75-65(70)58-56-54-52-50-48-46-44-42-40-25-23-21-19-17-15-13-11-9-7-2/h8,10,14-17,20-23,26-27,29-30,32-33,35-36,38-40,42,64,68H,6-7,9,11-13,18-19,24-25,28,31,34,37,41,43-63H2,1-5H3/p+1/b10-8-,16-14-,17-15-,22-20-,23-21-,27-26-,30-29-,33-32-,36-35-,39-38-,42-40-. The predicted octanol–water partition coefficient (Wildman–Crippen LogP) is 18.2. The first-order valence-electron chi connectivity index (χ1n) is 30.3. The van der Waals surface area contributed by atoms with E-state index >= 15 is 0 Å². The van der Waals surface area contributed by atoms with Crippen molar-refractivity contribution in [2.75, 3.05) is 47.5 Å². The second-order valence-electron chi connectivity index (χ2n) is 20.9. The number of carboxylic acids is 1. The van der Waals surface area contributed by atoms with Gasteiger partial charge in [0, 0.05) is 12.8 Å². The lowest BCUT2D eigenvalue weighted by Crippen LogP contribution is -2.40. The number of quaternary nitrogens is 1. The lowest BCUT2D eigenvalue weighted by molar-refractivity contribution is -0.870. The molecular weight excluding hydrogens is 959 g/mol. The van der Waals surface area contributed by atoms with Gasteiger partial charge in [0.2, 0.25) is 0 Å². The fraction of sp³-hybridized carbons (Fsp3) is 0.632. The third-order valence-corrected chi connectivity index (χ3v) is 12.4. The monoisotopic (exact) mass is 1070 g/mol. The van der Waals surface area contributed by atoms with Crippen molar-refractivity contribution in [3.05, 3.63) is 134 Å². The molecule has 0 aliphatic heterocycles. The zero-order valence-corrected chi connectivity index (χ0v) is 49.6. The number of hydrogen-bond donors (Lipinski definition) is 1. The molecule has 9 nitrogen and oxygen atoms in total. The fourth-order valence-electron chi connectivity index (χ4n) is 7.74. The van der Waals surface area contributed by atoms with Crippen molar-refractivity contribution < 1.29 is 42.9 Å². The zero-order chi connectivity index (χ0) is 56.2. The van der Waals surface area contributed by atoms with Crippen LogP contribution in [0.3, 0.4) is 0 Å². The van der Waals surface area contributed by atoms with E-state index in [1.807, 2.05) is 21.1 Å². The minimum absolute atomic E-state index is 0.176. The van der Waals surface area contributed by atoms with Crippen LogP contribution in [0.4, 0.5) is 0 Å². The van der Waals surface area contributed by atoms with Crippen LogP contribution in [0.15, 0.2) is 134 Å². The molecule has 2 unspecified atom stereocenters. The van der Waals surface area contributed by atoms with Crippen molar-refractivity contribution >= 4 is 17.9 Å². The number of aliphatic carboxylic acids is 1. The van der Waals surface area contributed by atoms with Crippen LogP contribution in [-0.4, -0.2) is 87.4 Å². The van der Waals surface area contributed by atoms with E-state index in [0.29, 0.717) is 17.4 Å². The van der Waals surface area contributed by atoms with Gasteiger partial charge in [-0.1, -0.05) is 225 Å². The van der Waals surface area contributed by atoms with Gasteiger partial charge in [0.05, 0.1) is 34.4 Å². The summed E-state index contributed by atoms with van der Waals surface area (Å²) in [5.41, 5.74) is 0. The van der Waals surface area contributed by atoms with Crippen molar-refractivity contribution in [1.82, 2.24) is 0 Å². The van der Waals surface area contributed by atoms with Crippen LogP contribution in [0.5, 0.6) is 0 Å². The van der Waals surface area contributed by atoms with Gasteiger partial charge in [-0.3, -0.25) is 9.59 Å². The van der Waals surface area contributed by atoms with Crippen molar-refractivity contribution in [1.29, 1.82) is 0 Å². The molecule has 0 rings (SSSR count). The maximum atomic E-state index is 12.9. The van der Waals surface area contributed by atoms with E-state index in [1.165, 1.54) is 64.2 Å². The number of unbranched alkanes of at least 4 members (excludes halogenated alkanes) is 17. The molecule has 0 bridgehead atoms. The van der Waals surface area contributed by atoms with Gasteiger partial charge in [-0.05, 0) is 116 Å². The first-order valence-corrected chi connectivity index (χ1v) is 30.3. The number of carbonyl (C=O) groups is 3. The van der Waals surface area contributed by atoms with Crippen LogP contribution < -0.4 is 0 Å². The summed E-state index contributed by atoms with van der Waals surface area (Å²) in [6, 6.07) is 0. The molecule has 0 amide bonds. The second kappa shape index (κ2) is 57.6. The zero-order valence-electron chi connectivity index (χ0n) is 49.6. The topological polar surface area (TPSA) is 108 Å². The molecule has 77 heavy (non-hydrogen) atoms. The van der Waals surface area contributed by atoms with E-state index in [9.17, 15) is 19.5 Å². The number of esters is 2. The Morgan fingerprint density at radius 3 is 1.10 bits per heavy atom. The third kappa shape index (κ3) is 58.9. The molecular formula is C68H112NO8+. The predicted molar refractivity (Wildman–Crippen MR) is 327 cm³/mol. The summed E-state index contributed by atoms with van der Waals surface area (Å²) in [6.45, 7) is 4.69. The molecule has 0 heterocycles. The maximum Gasteiger partial charge on any atom is 0.361 e. The highest BCUT2D eigenvalue weighted by molar-refractivity contribution is 5.71. The molecule has 0 aliphatic carbocycles.